The van der Waals surface area contributed by atoms with E-state index in [2.05, 4.69) is 15.4 Å². The zero-order valence-corrected chi connectivity index (χ0v) is 27.5. The zero-order valence-electron chi connectivity index (χ0n) is 27.5. The molecule has 8 nitrogen and oxygen atoms in total. The van der Waals surface area contributed by atoms with Gasteiger partial charge in [-0.2, -0.15) is 17.6 Å². The summed E-state index contributed by atoms with van der Waals surface area (Å²) in [6.45, 7) is 1.39. The Balaban J connectivity index is 1.32. The standard InChI is InChI=1S/C37H39F4N5O3/c1-45(2)32(47)11-8-19-43-36(17-18-36)24-49-31-16-14-27(23-42-31)34(29(22-37(39,40)41)25-9-4-3-5-10-25)26-13-15-30-28(21-26)35(38)44-46(30)33-12-6-7-20-48-33/h3-5,8-11,13-16,21,23,33,43H,6-7,12,17-20,22,24H2,1-2H3/b11-8+,34-29-. The van der Waals surface area contributed by atoms with Crippen molar-refractivity contribution in [2.75, 3.05) is 33.9 Å². The predicted molar refractivity (Wildman–Crippen MR) is 179 cm³/mol. The molecule has 6 rings (SSSR count). The van der Waals surface area contributed by atoms with Crippen molar-refractivity contribution in [1.29, 1.82) is 0 Å². The van der Waals surface area contributed by atoms with Crippen molar-refractivity contribution >= 4 is 28.0 Å². The number of alkyl halides is 3. The predicted octanol–water partition coefficient (Wildman–Crippen LogP) is 7.33. The highest BCUT2D eigenvalue weighted by atomic mass is 19.4. The van der Waals surface area contributed by atoms with Crippen LogP contribution in [0.1, 0.15) is 61.4 Å². The van der Waals surface area contributed by atoms with Crippen LogP contribution in [0.15, 0.2) is 79.0 Å². The minimum atomic E-state index is -4.52. The first-order valence-electron chi connectivity index (χ1n) is 16.4. The first-order chi connectivity index (χ1) is 23.5. The highest BCUT2D eigenvalue weighted by Gasteiger charge is 2.43. The van der Waals surface area contributed by atoms with Gasteiger partial charge >= 0.3 is 6.18 Å². The van der Waals surface area contributed by atoms with E-state index in [4.69, 9.17) is 9.47 Å². The first-order valence-corrected chi connectivity index (χ1v) is 16.4. The van der Waals surface area contributed by atoms with Crippen LogP contribution in [-0.4, -0.2) is 71.1 Å². The molecule has 12 heteroatoms. The van der Waals surface area contributed by atoms with Gasteiger partial charge in [0.25, 0.3) is 0 Å². The van der Waals surface area contributed by atoms with Gasteiger partial charge in [0.2, 0.25) is 17.7 Å². The maximum atomic E-state index is 15.4. The van der Waals surface area contributed by atoms with E-state index in [0.29, 0.717) is 54.3 Å². The number of allylic oxidation sites excluding steroid dienone is 1. The molecule has 1 N–H and O–H groups in total. The van der Waals surface area contributed by atoms with Crippen LogP contribution < -0.4 is 10.1 Å². The summed E-state index contributed by atoms with van der Waals surface area (Å²) in [5.41, 5.74) is 1.80. The quantitative estimate of drug-likeness (QED) is 0.0962. The number of halogens is 4. The van der Waals surface area contributed by atoms with E-state index in [-0.39, 0.29) is 28.0 Å². The molecule has 1 atom stereocenters. The maximum absolute atomic E-state index is 15.4. The Kier molecular flexibility index (Phi) is 10.2. The van der Waals surface area contributed by atoms with Crippen molar-refractivity contribution in [2.45, 2.75) is 56.5 Å². The Morgan fingerprint density at radius 1 is 1.08 bits per heavy atom. The van der Waals surface area contributed by atoms with Crippen molar-refractivity contribution in [3.8, 4) is 5.88 Å². The Morgan fingerprint density at radius 3 is 2.51 bits per heavy atom. The van der Waals surface area contributed by atoms with E-state index >= 15 is 4.39 Å². The third-order valence-corrected chi connectivity index (χ3v) is 8.85. The molecular weight excluding hydrogens is 638 g/mol. The minimum absolute atomic E-state index is 0.0354. The fourth-order valence-electron chi connectivity index (χ4n) is 6.02. The number of amides is 1. The third-order valence-electron chi connectivity index (χ3n) is 8.85. The van der Waals surface area contributed by atoms with Gasteiger partial charge in [0.1, 0.15) is 6.61 Å². The van der Waals surface area contributed by atoms with Crippen molar-refractivity contribution in [3.63, 3.8) is 0 Å². The molecule has 4 aromatic rings. The van der Waals surface area contributed by atoms with Gasteiger partial charge in [-0.1, -0.05) is 42.5 Å². The zero-order chi connectivity index (χ0) is 34.6. The molecule has 258 valence electrons. The normalized spacial score (nSPS) is 18.0. The third kappa shape index (κ3) is 8.37. The maximum Gasteiger partial charge on any atom is 0.393 e. The lowest BCUT2D eigenvalue weighted by Gasteiger charge is -2.23. The first kappa shape index (κ1) is 34.3. The van der Waals surface area contributed by atoms with Gasteiger partial charge < -0.3 is 19.7 Å². The molecule has 3 heterocycles. The number of hydrogen-bond acceptors (Lipinski definition) is 6. The van der Waals surface area contributed by atoms with Gasteiger partial charge in [0, 0.05) is 51.1 Å². The van der Waals surface area contributed by atoms with Gasteiger partial charge in [0.05, 0.1) is 22.9 Å². The fourth-order valence-corrected chi connectivity index (χ4v) is 6.02. The van der Waals surface area contributed by atoms with E-state index in [0.717, 1.165) is 25.7 Å². The molecule has 0 spiro atoms. The summed E-state index contributed by atoms with van der Waals surface area (Å²) >= 11 is 0. The molecule has 0 bridgehead atoms. The molecule has 1 unspecified atom stereocenters. The second-order valence-corrected chi connectivity index (χ2v) is 12.8. The Bertz CT molecular complexity index is 1820. The number of nitrogens with one attached hydrogen (secondary N) is 1. The van der Waals surface area contributed by atoms with E-state index in [1.54, 1.807) is 80.8 Å². The highest BCUT2D eigenvalue weighted by Crippen LogP contribution is 2.41. The number of hydrogen-bond donors (Lipinski definition) is 1. The van der Waals surface area contributed by atoms with Crippen LogP contribution in [0.25, 0.3) is 22.0 Å². The smallest absolute Gasteiger partial charge is 0.393 e. The Hall–Kier alpha value is -4.55. The SMILES string of the molecule is CN(C)C(=O)/C=C/CNC1(COc2ccc(/C(=C(/CC(F)(F)F)c3ccccc3)c3ccc4c(c3)c(F)nn4C3CCCCO3)cn2)CC1. The second kappa shape index (κ2) is 14.5. The summed E-state index contributed by atoms with van der Waals surface area (Å²) in [7, 11) is 3.38. The molecule has 2 fully saturated rings. The lowest BCUT2D eigenvalue weighted by molar-refractivity contribution is -0.124. The van der Waals surface area contributed by atoms with Crippen molar-refractivity contribution in [2.24, 2.45) is 0 Å². The van der Waals surface area contributed by atoms with E-state index in [9.17, 15) is 18.0 Å². The number of fused-ring (bicyclic) bond motifs is 1. The van der Waals surface area contributed by atoms with Crippen LogP contribution in [0.3, 0.4) is 0 Å². The second-order valence-electron chi connectivity index (χ2n) is 12.8. The summed E-state index contributed by atoms with van der Waals surface area (Å²) in [5.74, 6) is -0.492. The number of pyridine rings is 1. The van der Waals surface area contributed by atoms with Crippen LogP contribution >= 0.6 is 0 Å². The molecule has 2 aliphatic rings. The molecule has 1 saturated heterocycles. The van der Waals surface area contributed by atoms with Gasteiger partial charge in [-0.25, -0.2) is 9.67 Å². The summed E-state index contributed by atoms with van der Waals surface area (Å²) in [4.78, 5) is 17.7. The number of ether oxygens (including phenoxy) is 2. The van der Waals surface area contributed by atoms with Gasteiger partial charge in [-0.05, 0) is 72.6 Å². The van der Waals surface area contributed by atoms with Gasteiger partial charge in [-0.15, -0.1) is 5.10 Å². The van der Waals surface area contributed by atoms with Crippen LogP contribution in [0, 0.1) is 5.95 Å². The van der Waals surface area contributed by atoms with E-state index < -0.39 is 24.8 Å². The number of nitrogens with zero attached hydrogens (tertiary/aromatic N) is 4. The Labute approximate surface area is 282 Å². The number of carbonyl (C=O) groups excluding carboxylic acids is 1. The topological polar surface area (TPSA) is 81.5 Å². The summed E-state index contributed by atoms with van der Waals surface area (Å²) in [6, 6.07) is 16.6. The molecular formula is C37H39F4N5O3. The molecule has 1 saturated carbocycles. The molecule has 2 aromatic heterocycles. The number of aromatic nitrogens is 3. The van der Waals surface area contributed by atoms with Gasteiger partial charge in [0.15, 0.2) is 6.23 Å². The van der Waals surface area contributed by atoms with Crippen LogP contribution in [0.5, 0.6) is 5.88 Å². The number of carbonyl (C=O) groups is 1. The lowest BCUT2D eigenvalue weighted by atomic mass is 9.88. The largest absolute Gasteiger partial charge is 0.476 e. The van der Waals surface area contributed by atoms with Crippen molar-refractivity contribution in [3.05, 3.63) is 102 Å². The summed E-state index contributed by atoms with van der Waals surface area (Å²) < 4.78 is 71.3. The van der Waals surface area contributed by atoms with Crippen LogP contribution in [-0.2, 0) is 9.53 Å². The van der Waals surface area contributed by atoms with Crippen molar-refractivity contribution < 1.29 is 31.8 Å². The van der Waals surface area contributed by atoms with Crippen molar-refractivity contribution in [1.82, 2.24) is 25.0 Å². The van der Waals surface area contributed by atoms with Crippen LogP contribution in [0.4, 0.5) is 17.6 Å². The minimum Gasteiger partial charge on any atom is -0.476 e. The monoisotopic (exact) mass is 677 g/mol. The molecule has 1 aliphatic carbocycles. The van der Waals surface area contributed by atoms with Crippen LogP contribution in [0.2, 0.25) is 0 Å². The van der Waals surface area contributed by atoms with E-state index in [1.165, 1.54) is 21.9 Å². The average molecular weight is 678 g/mol. The molecule has 49 heavy (non-hydrogen) atoms. The molecule has 2 aromatic carbocycles. The fraction of sp³-hybridized carbons (Fsp3) is 0.378. The number of rotatable bonds is 12. The number of benzene rings is 2. The highest BCUT2D eigenvalue weighted by molar-refractivity contribution is 6.00. The average Bonchev–Trinajstić information content (AvgIpc) is 3.80. The lowest BCUT2D eigenvalue weighted by Crippen LogP contribution is -2.37. The summed E-state index contributed by atoms with van der Waals surface area (Å²) in [5, 5.41) is 7.73. The van der Waals surface area contributed by atoms with E-state index in [1.807, 2.05) is 0 Å². The molecule has 1 amide bonds. The number of likely N-dealkylation sites (N-methyl/N-ethyl adjacent to an activating group) is 1. The molecule has 1 aliphatic heterocycles. The Morgan fingerprint density at radius 2 is 1.86 bits per heavy atom. The molecule has 0 radical (unpaired) electrons. The summed E-state index contributed by atoms with van der Waals surface area (Å²) in [6.07, 6.45) is 2.98. The van der Waals surface area contributed by atoms with Gasteiger partial charge in [-0.3, -0.25) is 4.79 Å².